The highest BCUT2D eigenvalue weighted by Gasteiger charge is 2.57. The van der Waals surface area contributed by atoms with Crippen LogP contribution >= 0.6 is 0 Å². The van der Waals surface area contributed by atoms with E-state index in [1.165, 1.54) is 13.8 Å². The third-order valence-corrected chi connectivity index (χ3v) is 2.00. The Balaban J connectivity index is 4.78. The SMILES string of the molecule is CCC(C)C(=O)NC(C(F)(F)F)C(F)(F)F. The highest BCUT2D eigenvalue weighted by molar-refractivity contribution is 5.78. The average Bonchev–Trinajstić information content (AvgIpc) is 2.08. The van der Waals surface area contributed by atoms with Crippen LogP contribution in [0.2, 0.25) is 0 Å². The van der Waals surface area contributed by atoms with Gasteiger partial charge in [-0.25, -0.2) is 0 Å². The van der Waals surface area contributed by atoms with Gasteiger partial charge in [0.05, 0.1) is 0 Å². The lowest BCUT2D eigenvalue weighted by molar-refractivity contribution is -0.258. The molecule has 1 unspecified atom stereocenters. The molecule has 16 heavy (non-hydrogen) atoms. The van der Waals surface area contributed by atoms with Gasteiger partial charge in [0.15, 0.2) is 0 Å². The Bertz CT molecular complexity index is 232. The fourth-order valence-corrected chi connectivity index (χ4v) is 0.819. The minimum Gasteiger partial charge on any atom is -0.337 e. The molecule has 0 aliphatic carbocycles. The third kappa shape index (κ3) is 4.28. The Morgan fingerprint density at radius 3 is 1.75 bits per heavy atom. The van der Waals surface area contributed by atoms with Crippen molar-refractivity contribution in [1.29, 1.82) is 0 Å². The molecule has 0 spiro atoms. The Kier molecular flexibility index (Phi) is 4.63. The van der Waals surface area contributed by atoms with Crippen LogP contribution in [0.25, 0.3) is 0 Å². The zero-order chi connectivity index (χ0) is 13.1. The zero-order valence-corrected chi connectivity index (χ0v) is 8.54. The first-order valence-corrected chi connectivity index (χ1v) is 4.44. The second kappa shape index (κ2) is 4.92. The zero-order valence-electron chi connectivity index (χ0n) is 8.54. The normalized spacial score (nSPS) is 15.1. The molecule has 0 aliphatic rings. The molecule has 0 fully saturated rings. The van der Waals surface area contributed by atoms with Crippen LogP contribution in [-0.2, 0) is 4.79 Å². The average molecular weight is 251 g/mol. The Morgan fingerprint density at radius 2 is 1.50 bits per heavy atom. The maximum Gasteiger partial charge on any atom is 0.417 e. The van der Waals surface area contributed by atoms with Crippen LogP contribution in [-0.4, -0.2) is 24.3 Å². The fraction of sp³-hybridized carbons (Fsp3) is 0.875. The van der Waals surface area contributed by atoms with E-state index in [2.05, 4.69) is 0 Å². The molecule has 0 aromatic carbocycles. The van der Waals surface area contributed by atoms with Crippen molar-refractivity contribution < 1.29 is 31.1 Å². The molecule has 0 radical (unpaired) electrons. The van der Waals surface area contributed by atoms with Gasteiger partial charge in [0.1, 0.15) is 0 Å². The second-order valence-corrected chi connectivity index (χ2v) is 3.33. The first-order chi connectivity index (χ1) is 7.00. The van der Waals surface area contributed by atoms with Crippen LogP contribution in [0.4, 0.5) is 26.3 Å². The molecule has 0 aromatic heterocycles. The highest BCUT2D eigenvalue weighted by Crippen LogP contribution is 2.33. The number of carbonyl (C=O) groups excluding carboxylic acids is 1. The van der Waals surface area contributed by atoms with Crippen LogP contribution in [0.1, 0.15) is 20.3 Å². The molecule has 1 amide bonds. The van der Waals surface area contributed by atoms with E-state index in [1.807, 2.05) is 0 Å². The standard InChI is InChI=1S/C8H11F6NO/c1-3-4(2)5(16)15-6(7(9,10)11)8(12,13)14/h4,6H,3H2,1-2H3,(H,15,16). The molecule has 1 atom stereocenters. The van der Waals surface area contributed by atoms with Gasteiger partial charge in [0.25, 0.3) is 0 Å². The first-order valence-electron chi connectivity index (χ1n) is 4.44. The van der Waals surface area contributed by atoms with E-state index in [-0.39, 0.29) is 6.42 Å². The highest BCUT2D eigenvalue weighted by atomic mass is 19.4. The van der Waals surface area contributed by atoms with Crippen molar-refractivity contribution in [3.8, 4) is 0 Å². The number of hydrogen-bond donors (Lipinski definition) is 1. The summed E-state index contributed by atoms with van der Waals surface area (Å²) >= 11 is 0. The van der Waals surface area contributed by atoms with Crippen LogP contribution in [0.5, 0.6) is 0 Å². The molecule has 0 heterocycles. The summed E-state index contributed by atoms with van der Waals surface area (Å²) in [7, 11) is 0. The van der Waals surface area contributed by atoms with E-state index in [4.69, 9.17) is 0 Å². The Hall–Kier alpha value is -0.950. The number of rotatable bonds is 3. The van der Waals surface area contributed by atoms with E-state index in [9.17, 15) is 31.1 Å². The van der Waals surface area contributed by atoms with Crippen LogP contribution in [0.3, 0.4) is 0 Å². The molecule has 1 N–H and O–H groups in total. The quantitative estimate of drug-likeness (QED) is 0.767. The summed E-state index contributed by atoms with van der Waals surface area (Å²) in [5.41, 5.74) is 0. The largest absolute Gasteiger partial charge is 0.417 e. The maximum atomic E-state index is 12.0. The van der Waals surface area contributed by atoms with Crippen molar-refractivity contribution in [2.45, 2.75) is 38.7 Å². The molecule has 0 bridgehead atoms. The minimum absolute atomic E-state index is 0.161. The molecule has 0 saturated heterocycles. The molecule has 0 saturated carbocycles. The lowest BCUT2D eigenvalue weighted by Crippen LogP contribution is -2.55. The molecule has 0 rings (SSSR count). The van der Waals surface area contributed by atoms with Crippen molar-refractivity contribution >= 4 is 5.91 Å². The molecular weight excluding hydrogens is 240 g/mol. The lowest BCUT2D eigenvalue weighted by atomic mass is 10.1. The van der Waals surface area contributed by atoms with Gasteiger partial charge < -0.3 is 5.32 Å². The van der Waals surface area contributed by atoms with Gasteiger partial charge in [0, 0.05) is 5.92 Å². The molecule has 0 aliphatic heterocycles. The van der Waals surface area contributed by atoms with Crippen molar-refractivity contribution in [3.63, 3.8) is 0 Å². The van der Waals surface area contributed by atoms with Gasteiger partial charge in [-0.1, -0.05) is 13.8 Å². The fourth-order valence-electron chi connectivity index (χ4n) is 0.819. The summed E-state index contributed by atoms with van der Waals surface area (Å²) in [4.78, 5) is 11.0. The summed E-state index contributed by atoms with van der Waals surface area (Å²) in [5, 5.41) is 0.959. The molecular formula is C8H11F6NO. The molecule has 2 nitrogen and oxygen atoms in total. The van der Waals surface area contributed by atoms with Crippen molar-refractivity contribution in [2.75, 3.05) is 0 Å². The monoisotopic (exact) mass is 251 g/mol. The van der Waals surface area contributed by atoms with Crippen molar-refractivity contribution in [2.24, 2.45) is 5.92 Å². The van der Waals surface area contributed by atoms with Crippen molar-refractivity contribution in [1.82, 2.24) is 5.32 Å². The number of hydrogen-bond acceptors (Lipinski definition) is 1. The number of nitrogens with one attached hydrogen (secondary N) is 1. The molecule has 0 aromatic rings. The van der Waals surface area contributed by atoms with Crippen LogP contribution < -0.4 is 5.32 Å². The van der Waals surface area contributed by atoms with Gasteiger partial charge in [-0.15, -0.1) is 0 Å². The number of alkyl halides is 6. The second-order valence-electron chi connectivity index (χ2n) is 3.33. The topological polar surface area (TPSA) is 29.1 Å². The van der Waals surface area contributed by atoms with E-state index >= 15 is 0 Å². The third-order valence-electron chi connectivity index (χ3n) is 2.00. The Labute approximate surface area is 88.0 Å². The Morgan fingerprint density at radius 1 is 1.12 bits per heavy atom. The maximum absolute atomic E-state index is 12.0. The van der Waals surface area contributed by atoms with Crippen LogP contribution in [0, 0.1) is 5.92 Å². The summed E-state index contributed by atoms with van der Waals surface area (Å²) in [6.45, 7) is 2.74. The minimum atomic E-state index is -5.54. The summed E-state index contributed by atoms with van der Waals surface area (Å²) in [5.74, 6) is -2.16. The van der Waals surface area contributed by atoms with Gasteiger partial charge in [-0.3, -0.25) is 4.79 Å². The summed E-state index contributed by atoms with van der Waals surface area (Å²) in [6, 6.07) is -3.80. The van der Waals surface area contributed by atoms with Crippen LogP contribution in [0.15, 0.2) is 0 Å². The van der Waals surface area contributed by atoms with Gasteiger partial charge in [0.2, 0.25) is 11.9 Å². The van der Waals surface area contributed by atoms with E-state index in [0.717, 1.165) is 5.32 Å². The van der Waals surface area contributed by atoms with Gasteiger partial charge in [-0.2, -0.15) is 26.3 Å². The number of halogens is 6. The number of carbonyl (C=O) groups is 1. The molecule has 96 valence electrons. The summed E-state index contributed by atoms with van der Waals surface area (Å²) in [6.07, 6.45) is -10.9. The smallest absolute Gasteiger partial charge is 0.337 e. The van der Waals surface area contributed by atoms with E-state index in [0.29, 0.717) is 0 Å². The first kappa shape index (κ1) is 15.0. The van der Waals surface area contributed by atoms with Gasteiger partial charge >= 0.3 is 12.4 Å². The predicted octanol–water partition coefficient (Wildman–Crippen LogP) is 2.64. The number of amides is 1. The predicted molar refractivity (Wildman–Crippen MR) is 43.5 cm³/mol. The molecule has 8 heteroatoms. The van der Waals surface area contributed by atoms with E-state index in [1.54, 1.807) is 0 Å². The van der Waals surface area contributed by atoms with E-state index < -0.39 is 30.2 Å². The van der Waals surface area contributed by atoms with Gasteiger partial charge in [-0.05, 0) is 6.42 Å². The summed E-state index contributed by atoms with van der Waals surface area (Å²) < 4.78 is 72.1. The van der Waals surface area contributed by atoms with Crippen molar-refractivity contribution in [3.05, 3.63) is 0 Å². The lowest BCUT2D eigenvalue weighted by Gasteiger charge is -2.25.